The Morgan fingerprint density at radius 1 is 0.772 bits per heavy atom. The molecule has 1 fully saturated rings. The average Bonchev–Trinajstić information content (AvgIpc) is 3.90. The number of carbonyl (C=O) groups excluding carboxylic acids is 8. The Hall–Kier alpha value is -5.66. The molecule has 0 saturated carbocycles. The van der Waals surface area contributed by atoms with Crippen LogP contribution in [-0.2, 0) is 63.6 Å². The van der Waals surface area contributed by atoms with E-state index in [1.165, 1.54) is 21.3 Å². The summed E-state index contributed by atoms with van der Waals surface area (Å²) in [5.41, 5.74) is 5.07. The minimum atomic E-state index is -1.01. The molecule has 1 aromatic carbocycles. The fourth-order valence-corrected chi connectivity index (χ4v) is 9.68. The molecule has 2 rings (SSSR count). The van der Waals surface area contributed by atoms with Crippen LogP contribution >= 0.6 is 0 Å². The molecule has 79 heavy (non-hydrogen) atoms. The molecule has 0 radical (unpaired) electrons. The number of alkyl carbamates (subject to hydrolysis) is 1. The predicted octanol–water partition coefficient (Wildman–Crippen LogP) is 2.50. The highest BCUT2D eigenvalue weighted by Crippen LogP contribution is 2.30. The molecular formula is C55H95N9O15. The highest BCUT2D eigenvalue weighted by molar-refractivity contribution is 5.91. The van der Waals surface area contributed by atoms with Crippen LogP contribution in [0.4, 0.5) is 9.59 Å². The number of amides is 8. The largest absolute Gasteiger partial charge is 0.448 e. The number of rotatable bonds is 35. The van der Waals surface area contributed by atoms with Gasteiger partial charge in [0, 0.05) is 60.9 Å². The van der Waals surface area contributed by atoms with E-state index in [1.807, 2.05) is 97.8 Å². The number of carbonyl (C=O) groups is 8. The zero-order valence-electron chi connectivity index (χ0n) is 49.3. The molecule has 0 spiro atoms. The summed E-state index contributed by atoms with van der Waals surface area (Å²) in [6.07, 6.45) is -2.13. The van der Waals surface area contributed by atoms with Crippen molar-refractivity contribution in [1.29, 1.82) is 0 Å². The van der Waals surface area contributed by atoms with Crippen LogP contribution in [0.25, 0.3) is 0 Å². The molecule has 450 valence electrons. The van der Waals surface area contributed by atoms with E-state index in [4.69, 9.17) is 28.4 Å². The molecule has 1 aromatic rings. The lowest BCUT2D eigenvalue weighted by Crippen LogP contribution is -2.59. The van der Waals surface area contributed by atoms with Crippen molar-refractivity contribution in [2.24, 2.45) is 23.7 Å². The van der Waals surface area contributed by atoms with Gasteiger partial charge in [0.05, 0.1) is 62.0 Å². The van der Waals surface area contributed by atoms with Crippen LogP contribution in [-0.4, -0.2) is 204 Å². The zero-order chi connectivity index (χ0) is 59.4. The summed E-state index contributed by atoms with van der Waals surface area (Å²) in [7, 11) is 9.74. The van der Waals surface area contributed by atoms with Crippen molar-refractivity contribution in [2.45, 2.75) is 162 Å². The molecule has 1 aliphatic heterocycles. The Labute approximate surface area is 468 Å². The van der Waals surface area contributed by atoms with E-state index < -0.39 is 90.6 Å². The SMILES string of the molecule is CCC(CO)OC(COC(=O)NCCC(=O)NNC(=O)OCCCNC(=O)[C@H](Cc1ccccc1)NC(=O)[C@H](C)[C@@H](OC)[C@@H]1CCCN1C(=O)C[C@@H](OC)[C@H]([C@@H](C)CC)N(C)C(=O)[C@@H](NC(=O)[C@H](C(C)C)N(C)C)C(C)C)OC. The van der Waals surface area contributed by atoms with Gasteiger partial charge in [-0.05, 0) is 63.1 Å². The Morgan fingerprint density at radius 2 is 1.46 bits per heavy atom. The molecule has 7 N–H and O–H groups in total. The first-order chi connectivity index (χ1) is 37.5. The van der Waals surface area contributed by atoms with Crippen LogP contribution in [0, 0.1) is 23.7 Å². The fourth-order valence-electron chi connectivity index (χ4n) is 9.68. The van der Waals surface area contributed by atoms with Gasteiger partial charge in [-0.1, -0.05) is 92.1 Å². The van der Waals surface area contributed by atoms with Crippen LogP contribution in [0.15, 0.2) is 30.3 Å². The Kier molecular flexibility index (Phi) is 32.1. The van der Waals surface area contributed by atoms with Crippen LogP contribution in [0.3, 0.4) is 0 Å². The molecule has 1 saturated heterocycles. The summed E-state index contributed by atoms with van der Waals surface area (Å²) in [6.45, 7) is 15.0. The molecule has 2 unspecified atom stereocenters. The zero-order valence-corrected chi connectivity index (χ0v) is 49.3. The Bertz CT molecular complexity index is 2020. The van der Waals surface area contributed by atoms with E-state index in [9.17, 15) is 43.5 Å². The van der Waals surface area contributed by atoms with Gasteiger partial charge in [0.25, 0.3) is 0 Å². The van der Waals surface area contributed by atoms with E-state index in [2.05, 4.69) is 32.1 Å². The third-order valence-electron chi connectivity index (χ3n) is 14.3. The topological polar surface area (TPSA) is 294 Å². The van der Waals surface area contributed by atoms with Crippen molar-refractivity contribution in [1.82, 2.24) is 46.8 Å². The van der Waals surface area contributed by atoms with Gasteiger partial charge < -0.3 is 64.6 Å². The average molecular weight is 1120 g/mol. The molecule has 11 atom stereocenters. The monoisotopic (exact) mass is 1120 g/mol. The molecule has 8 amide bonds. The Morgan fingerprint density at radius 3 is 2.03 bits per heavy atom. The van der Waals surface area contributed by atoms with Gasteiger partial charge in [0.2, 0.25) is 35.4 Å². The minimum Gasteiger partial charge on any atom is -0.448 e. The van der Waals surface area contributed by atoms with Crippen molar-refractivity contribution >= 4 is 47.6 Å². The number of benzene rings is 1. The maximum absolute atomic E-state index is 14.5. The standard InChI is InChI=1S/C55H95N9O15/c1-15-36(7)48(63(11)53(71)46(34(3)4)59-52(70)47(35(5)6)62(9)10)42(74-12)31-44(67)64-28-20-24-41(64)49(76-14)37(8)50(68)58-40(30-38-22-18-17-19-23-38)51(69)56-26-21-29-77-55(73)61-60-43(66)25-27-57-54(72)78-33-45(75-13)79-39(16-2)32-65/h17-19,22-23,34-37,39-42,45-49,65H,15-16,20-21,24-33H2,1-14H3,(H,56,69)(H,57,72)(H,58,68)(H,59,70)(H,60,66)(H,61,73)/t36-,37+,39?,40-,41-,42+,45?,46-,47-,48-,49+/m0/s1. The van der Waals surface area contributed by atoms with Crippen molar-refractivity contribution < 1.29 is 71.9 Å². The van der Waals surface area contributed by atoms with Crippen molar-refractivity contribution in [3.8, 4) is 0 Å². The van der Waals surface area contributed by atoms with Crippen LogP contribution < -0.4 is 32.1 Å². The first-order valence-corrected chi connectivity index (χ1v) is 27.6. The molecule has 1 heterocycles. The number of hydrazine groups is 1. The van der Waals surface area contributed by atoms with Gasteiger partial charge in [-0.15, -0.1) is 0 Å². The maximum atomic E-state index is 14.5. The first-order valence-electron chi connectivity index (χ1n) is 27.6. The minimum absolute atomic E-state index is 0.00307. The lowest BCUT2D eigenvalue weighted by molar-refractivity contribution is -0.181. The van der Waals surface area contributed by atoms with Gasteiger partial charge in [0.1, 0.15) is 18.7 Å². The summed E-state index contributed by atoms with van der Waals surface area (Å²) in [5.74, 6) is -3.46. The van der Waals surface area contributed by atoms with E-state index in [0.717, 1.165) is 5.56 Å². The van der Waals surface area contributed by atoms with E-state index >= 15 is 0 Å². The third kappa shape index (κ3) is 23.2. The number of nitrogens with one attached hydrogen (secondary N) is 6. The summed E-state index contributed by atoms with van der Waals surface area (Å²) >= 11 is 0. The highest BCUT2D eigenvalue weighted by atomic mass is 16.7. The smallest absolute Gasteiger partial charge is 0.426 e. The fraction of sp³-hybridized carbons (Fsp3) is 0.745. The van der Waals surface area contributed by atoms with E-state index in [1.54, 1.807) is 23.8 Å². The second-order valence-electron chi connectivity index (χ2n) is 21.0. The predicted molar refractivity (Wildman–Crippen MR) is 295 cm³/mol. The van der Waals surface area contributed by atoms with Gasteiger partial charge in [-0.2, -0.15) is 0 Å². The lowest BCUT2D eigenvalue weighted by Gasteiger charge is -2.41. The summed E-state index contributed by atoms with van der Waals surface area (Å²) < 4.78 is 32.8. The van der Waals surface area contributed by atoms with Crippen LogP contribution in [0.5, 0.6) is 0 Å². The Balaban J connectivity index is 2.05. The van der Waals surface area contributed by atoms with Crippen molar-refractivity contribution in [3.05, 3.63) is 35.9 Å². The number of hydrogen-bond donors (Lipinski definition) is 7. The molecular weight excluding hydrogens is 1030 g/mol. The van der Waals surface area contributed by atoms with Crippen molar-refractivity contribution in [2.75, 3.05) is 81.9 Å². The number of aliphatic hydroxyl groups is 1. The van der Waals surface area contributed by atoms with E-state index in [0.29, 0.717) is 32.2 Å². The first kappa shape index (κ1) is 69.4. The summed E-state index contributed by atoms with van der Waals surface area (Å²) in [5, 5.41) is 20.4. The number of likely N-dealkylation sites (tertiary alicyclic amines) is 1. The van der Waals surface area contributed by atoms with E-state index in [-0.39, 0.29) is 94.1 Å². The molecule has 0 bridgehead atoms. The van der Waals surface area contributed by atoms with Gasteiger partial charge in [-0.25, -0.2) is 15.0 Å². The summed E-state index contributed by atoms with van der Waals surface area (Å²) in [4.78, 5) is 112. The lowest BCUT2D eigenvalue weighted by atomic mass is 9.89. The van der Waals surface area contributed by atoms with Gasteiger partial charge >= 0.3 is 12.2 Å². The number of aliphatic hydroxyl groups excluding tert-OH is 1. The molecule has 1 aliphatic rings. The number of nitrogens with zero attached hydrogens (tertiary/aromatic N) is 3. The summed E-state index contributed by atoms with van der Waals surface area (Å²) in [6, 6.07) is 5.88. The quantitative estimate of drug-likeness (QED) is 0.0292. The molecule has 24 heteroatoms. The van der Waals surface area contributed by atoms with Crippen LogP contribution in [0.2, 0.25) is 0 Å². The molecule has 0 aromatic heterocycles. The number of methoxy groups -OCH3 is 3. The van der Waals surface area contributed by atoms with Crippen LogP contribution in [0.1, 0.15) is 106 Å². The number of likely N-dealkylation sites (N-methyl/N-ethyl adjacent to an activating group) is 2. The molecule has 24 nitrogen and oxygen atoms in total. The number of hydrogen-bond acceptors (Lipinski definition) is 16. The maximum Gasteiger partial charge on any atom is 0.426 e. The normalized spacial score (nSPS) is 17.2. The second-order valence-corrected chi connectivity index (χ2v) is 21.0. The molecule has 0 aliphatic carbocycles. The highest BCUT2D eigenvalue weighted by Gasteiger charge is 2.43. The van der Waals surface area contributed by atoms with Gasteiger partial charge in [-0.3, -0.25) is 39.1 Å². The second kappa shape index (κ2) is 36.6. The number of ether oxygens (including phenoxy) is 6. The van der Waals surface area contributed by atoms with Gasteiger partial charge in [0.15, 0.2) is 6.29 Å². The van der Waals surface area contributed by atoms with Crippen molar-refractivity contribution in [3.63, 3.8) is 0 Å². The third-order valence-corrected chi connectivity index (χ3v) is 14.3.